The zero-order valence-corrected chi connectivity index (χ0v) is 4.88. The van der Waals surface area contributed by atoms with Gasteiger partial charge in [0.15, 0.2) is 0 Å². The van der Waals surface area contributed by atoms with Crippen LogP contribution in [0.25, 0.3) is 10.4 Å². The van der Waals surface area contributed by atoms with Gasteiger partial charge in [0.25, 0.3) is 0 Å². The first-order chi connectivity index (χ1) is 4.88. The molecule has 6 nitrogen and oxygen atoms in total. The summed E-state index contributed by atoms with van der Waals surface area (Å²) >= 11 is 0. The van der Waals surface area contributed by atoms with Crippen LogP contribution in [0.3, 0.4) is 0 Å². The Kier molecular flexibility index (Phi) is 1.67. The van der Waals surface area contributed by atoms with Gasteiger partial charge in [-0.05, 0) is 10.6 Å². The molecule has 0 radical (unpaired) electrons. The summed E-state index contributed by atoms with van der Waals surface area (Å²) in [6.07, 6.45) is 3.28. The lowest BCUT2D eigenvalue weighted by Gasteiger charge is -1.86. The highest BCUT2D eigenvalue weighted by molar-refractivity contribution is 5.56. The molecule has 0 aliphatic carbocycles. The van der Waals surface area contributed by atoms with E-state index >= 15 is 0 Å². The number of hydrogen-bond acceptors (Lipinski definition) is 3. The van der Waals surface area contributed by atoms with E-state index in [-0.39, 0.29) is 5.95 Å². The molecule has 1 rings (SSSR count). The highest BCUT2D eigenvalue weighted by Crippen LogP contribution is 2.04. The third-order valence-corrected chi connectivity index (χ3v) is 0.896. The van der Waals surface area contributed by atoms with Gasteiger partial charge in [-0.1, -0.05) is 0 Å². The molecule has 0 fully saturated rings. The summed E-state index contributed by atoms with van der Waals surface area (Å²) < 4.78 is 1.08. The summed E-state index contributed by atoms with van der Waals surface area (Å²) in [7, 11) is 0. The van der Waals surface area contributed by atoms with Crippen molar-refractivity contribution in [2.45, 2.75) is 0 Å². The van der Waals surface area contributed by atoms with Crippen molar-refractivity contribution in [3.63, 3.8) is 0 Å². The molecule has 50 valence electrons. The van der Waals surface area contributed by atoms with E-state index < -0.39 is 0 Å². The largest absolute Gasteiger partial charge is 0.278 e. The molecule has 0 aliphatic rings. The highest BCUT2D eigenvalue weighted by atomic mass is 16.1. The van der Waals surface area contributed by atoms with Crippen LogP contribution < -0.4 is 0 Å². The second-order valence-electron chi connectivity index (χ2n) is 1.43. The fraction of sp³-hybridized carbons (Fsp3) is 0. The third-order valence-electron chi connectivity index (χ3n) is 0.896. The van der Waals surface area contributed by atoms with Gasteiger partial charge in [-0.25, -0.2) is 4.98 Å². The van der Waals surface area contributed by atoms with Crippen molar-refractivity contribution >= 4 is 12.4 Å². The number of aromatic nitrogens is 2. The zero-order valence-electron chi connectivity index (χ0n) is 4.88. The lowest BCUT2D eigenvalue weighted by Crippen LogP contribution is -1.89. The summed E-state index contributed by atoms with van der Waals surface area (Å²) in [6, 6.07) is 0. The summed E-state index contributed by atoms with van der Waals surface area (Å²) in [5.41, 5.74) is 7.95. The van der Waals surface area contributed by atoms with Gasteiger partial charge in [0, 0.05) is 17.3 Å². The molecule has 1 aromatic rings. The van der Waals surface area contributed by atoms with E-state index in [1.54, 1.807) is 0 Å². The molecule has 1 heterocycles. The van der Waals surface area contributed by atoms with Crippen LogP contribution in [0, 0.1) is 0 Å². The van der Waals surface area contributed by atoms with Crippen LogP contribution in [0.2, 0.25) is 0 Å². The molecule has 10 heavy (non-hydrogen) atoms. The van der Waals surface area contributed by atoms with Gasteiger partial charge in [-0.2, -0.15) is 0 Å². The van der Waals surface area contributed by atoms with E-state index in [9.17, 15) is 4.79 Å². The summed E-state index contributed by atoms with van der Waals surface area (Å²) in [5, 5.41) is 3.14. The van der Waals surface area contributed by atoms with Crippen molar-refractivity contribution in [2.75, 3.05) is 0 Å². The zero-order chi connectivity index (χ0) is 7.40. The van der Waals surface area contributed by atoms with E-state index in [4.69, 9.17) is 5.53 Å². The fourth-order valence-electron chi connectivity index (χ4n) is 0.505. The van der Waals surface area contributed by atoms with Crippen LogP contribution in [0.15, 0.2) is 17.5 Å². The van der Waals surface area contributed by atoms with Crippen LogP contribution in [0.5, 0.6) is 0 Å². The molecular formula is C4H3N5O. The van der Waals surface area contributed by atoms with Crippen molar-refractivity contribution in [3.8, 4) is 0 Å². The Labute approximate surface area is 55.7 Å². The molecule has 0 bridgehead atoms. The number of azide groups is 1. The van der Waals surface area contributed by atoms with E-state index in [0.717, 1.165) is 4.57 Å². The molecule has 6 heteroatoms. The van der Waals surface area contributed by atoms with Gasteiger partial charge < -0.3 is 0 Å². The lowest BCUT2D eigenvalue weighted by molar-refractivity contribution is 0.547. The quantitative estimate of drug-likeness (QED) is 0.262. The molecule has 0 saturated heterocycles. The Balaban J connectivity index is 3.12. The molecule has 0 unspecified atom stereocenters. The maximum Gasteiger partial charge on any atom is 0.219 e. The first-order valence-corrected chi connectivity index (χ1v) is 2.41. The number of imidazole rings is 1. The van der Waals surface area contributed by atoms with Crippen LogP contribution in [-0.2, 0) is 4.79 Å². The van der Waals surface area contributed by atoms with E-state index in [0.29, 0.717) is 6.41 Å². The van der Waals surface area contributed by atoms with Crippen molar-refractivity contribution in [1.82, 2.24) is 9.55 Å². The van der Waals surface area contributed by atoms with Gasteiger partial charge in [0.2, 0.25) is 12.4 Å². The van der Waals surface area contributed by atoms with E-state index in [1.165, 1.54) is 12.4 Å². The molecule has 0 spiro atoms. The predicted molar refractivity (Wildman–Crippen MR) is 33.2 cm³/mol. The first kappa shape index (κ1) is 6.31. The predicted octanol–water partition coefficient (Wildman–Crippen LogP) is 0.863. The van der Waals surface area contributed by atoms with Crippen molar-refractivity contribution < 1.29 is 4.79 Å². The fourth-order valence-corrected chi connectivity index (χ4v) is 0.505. The molecule has 0 aromatic carbocycles. The maximum absolute atomic E-state index is 10.1. The minimum Gasteiger partial charge on any atom is -0.278 e. The van der Waals surface area contributed by atoms with Crippen molar-refractivity contribution in [3.05, 3.63) is 22.8 Å². The third kappa shape index (κ3) is 0.958. The maximum atomic E-state index is 10.1. The smallest absolute Gasteiger partial charge is 0.219 e. The molecule has 1 aromatic heterocycles. The van der Waals surface area contributed by atoms with E-state index in [2.05, 4.69) is 15.0 Å². The number of rotatable bonds is 2. The Hall–Kier alpha value is -1.81. The Bertz CT molecular complexity index is 284. The number of nitrogens with zero attached hydrogens (tertiary/aromatic N) is 5. The van der Waals surface area contributed by atoms with Gasteiger partial charge in [-0.15, -0.1) is 0 Å². The van der Waals surface area contributed by atoms with E-state index in [1.807, 2.05) is 0 Å². The number of carbonyl (C=O) groups is 1. The van der Waals surface area contributed by atoms with Gasteiger partial charge in [0.1, 0.15) is 0 Å². The monoisotopic (exact) mass is 137 g/mol. The van der Waals surface area contributed by atoms with Crippen LogP contribution in [0.1, 0.15) is 0 Å². The Morgan fingerprint density at radius 3 is 3.30 bits per heavy atom. The molecule has 0 amide bonds. The van der Waals surface area contributed by atoms with Crippen molar-refractivity contribution in [1.29, 1.82) is 0 Å². The average molecular weight is 137 g/mol. The topological polar surface area (TPSA) is 83.7 Å². The van der Waals surface area contributed by atoms with Gasteiger partial charge in [-0.3, -0.25) is 9.36 Å². The number of carbonyl (C=O) groups excluding carboxylic acids is 1. The lowest BCUT2D eigenvalue weighted by atomic mass is 10.9. The average Bonchev–Trinajstić information content (AvgIpc) is 2.36. The second-order valence-corrected chi connectivity index (χ2v) is 1.43. The molecule has 0 atom stereocenters. The first-order valence-electron chi connectivity index (χ1n) is 2.41. The minimum absolute atomic E-state index is 0.0532. The molecular weight excluding hydrogens is 134 g/mol. The summed E-state index contributed by atoms with van der Waals surface area (Å²) in [6.45, 7) is 0. The highest BCUT2D eigenvalue weighted by Gasteiger charge is 1.94. The Morgan fingerprint density at radius 1 is 1.90 bits per heavy atom. The normalized spacial score (nSPS) is 8.40. The van der Waals surface area contributed by atoms with Gasteiger partial charge >= 0.3 is 0 Å². The van der Waals surface area contributed by atoms with Crippen molar-refractivity contribution in [2.24, 2.45) is 5.11 Å². The standard InChI is InChI=1S/C4H3N5O/c5-8-7-4-6-1-2-9(4)3-10/h1-3H. The molecule has 0 N–H and O–H groups in total. The summed E-state index contributed by atoms with van der Waals surface area (Å²) in [5.74, 6) is 0.0532. The minimum atomic E-state index is 0.0532. The van der Waals surface area contributed by atoms with Crippen LogP contribution >= 0.6 is 0 Å². The van der Waals surface area contributed by atoms with Gasteiger partial charge in [0.05, 0.1) is 0 Å². The van der Waals surface area contributed by atoms with Crippen LogP contribution in [-0.4, -0.2) is 16.0 Å². The molecule has 0 saturated carbocycles. The number of hydrogen-bond donors (Lipinski definition) is 0. The second kappa shape index (κ2) is 2.65. The summed E-state index contributed by atoms with van der Waals surface area (Å²) in [4.78, 5) is 16.2. The Morgan fingerprint density at radius 2 is 2.70 bits per heavy atom. The SMILES string of the molecule is [N-]=[N+]=Nc1nccn1C=O. The molecule has 0 aliphatic heterocycles. The van der Waals surface area contributed by atoms with Crippen LogP contribution in [0.4, 0.5) is 5.95 Å².